The molecule has 0 aromatic carbocycles. The summed E-state index contributed by atoms with van der Waals surface area (Å²) in [5.41, 5.74) is 0.0616. The number of aromatic nitrogens is 2. The minimum absolute atomic E-state index is 0.0521. The van der Waals surface area contributed by atoms with Gasteiger partial charge in [-0.25, -0.2) is 4.79 Å². The van der Waals surface area contributed by atoms with Crippen LogP contribution in [0.2, 0.25) is 10.0 Å². The molecule has 0 radical (unpaired) electrons. The van der Waals surface area contributed by atoms with E-state index in [9.17, 15) is 9.59 Å². The zero-order valence-corrected chi connectivity index (χ0v) is 8.21. The first-order valence-electron chi connectivity index (χ1n) is 3.44. The van der Waals surface area contributed by atoms with Gasteiger partial charge in [0.25, 0.3) is 0 Å². The molecule has 1 heterocycles. The monoisotopic (exact) mass is 234 g/mol. The highest BCUT2D eigenvalue weighted by atomic mass is 35.5. The van der Waals surface area contributed by atoms with Crippen molar-refractivity contribution >= 4 is 35.0 Å². The normalized spacial score (nSPS) is 9.86. The van der Waals surface area contributed by atoms with Gasteiger partial charge in [-0.15, -0.1) is 0 Å². The van der Waals surface area contributed by atoms with Crippen LogP contribution in [0.25, 0.3) is 0 Å². The Labute approximate surface area is 88.7 Å². The minimum Gasteiger partial charge on any atom is -0.475 e. The first-order chi connectivity index (χ1) is 6.52. The molecule has 0 unspecified atom stereocenters. The summed E-state index contributed by atoms with van der Waals surface area (Å²) in [5.74, 6) is -2.55. The number of carboxylic acid groups (broad SMARTS) is 1. The van der Waals surface area contributed by atoms with Crippen LogP contribution in [-0.2, 0) is 16.0 Å². The smallest absolute Gasteiger partial charge is 0.372 e. The SMILES string of the molecule is O=C(O)C(=O)Cc1nncc(Cl)c1Cl. The number of aliphatic carboxylic acids is 1. The molecule has 1 N–H and O–H groups in total. The fourth-order valence-electron chi connectivity index (χ4n) is 0.728. The molecule has 74 valence electrons. The lowest BCUT2D eigenvalue weighted by molar-refractivity contribution is -0.148. The van der Waals surface area contributed by atoms with Crippen LogP contribution in [0.5, 0.6) is 0 Å². The van der Waals surface area contributed by atoms with Gasteiger partial charge >= 0.3 is 5.97 Å². The molecule has 0 saturated carbocycles. The Bertz CT molecular complexity index is 395. The van der Waals surface area contributed by atoms with Crippen molar-refractivity contribution < 1.29 is 14.7 Å². The van der Waals surface area contributed by atoms with Crippen LogP contribution in [0.1, 0.15) is 5.69 Å². The van der Waals surface area contributed by atoms with Crippen molar-refractivity contribution in [3.05, 3.63) is 21.9 Å². The topological polar surface area (TPSA) is 80.1 Å². The van der Waals surface area contributed by atoms with Crippen molar-refractivity contribution in [2.24, 2.45) is 0 Å². The molecular formula is C7H4Cl2N2O3. The quantitative estimate of drug-likeness (QED) is 0.789. The molecule has 0 aliphatic carbocycles. The standard InChI is InChI=1S/C7H4Cl2N2O3/c8-3-2-10-11-4(6(3)9)1-5(12)7(13)14/h2H,1H2,(H,13,14). The molecule has 0 amide bonds. The van der Waals surface area contributed by atoms with Gasteiger partial charge < -0.3 is 5.11 Å². The van der Waals surface area contributed by atoms with E-state index in [4.69, 9.17) is 28.3 Å². The lowest BCUT2D eigenvalue weighted by Crippen LogP contribution is -2.16. The molecule has 0 spiro atoms. The minimum atomic E-state index is -1.54. The number of rotatable bonds is 3. The summed E-state index contributed by atoms with van der Waals surface area (Å²) in [6, 6.07) is 0. The van der Waals surface area contributed by atoms with E-state index < -0.39 is 18.2 Å². The van der Waals surface area contributed by atoms with E-state index in [0.717, 1.165) is 0 Å². The highest BCUT2D eigenvalue weighted by Crippen LogP contribution is 2.22. The van der Waals surface area contributed by atoms with E-state index in [-0.39, 0.29) is 15.7 Å². The van der Waals surface area contributed by atoms with Crippen LogP contribution < -0.4 is 0 Å². The fourth-order valence-corrected chi connectivity index (χ4v) is 1.03. The van der Waals surface area contributed by atoms with Crippen molar-refractivity contribution in [1.82, 2.24) is 10.2 Å². The molecule has 0 saturated heterocycles. The molecule has 0 atom stereocenters. The summed E-state index contributed by atoms with van der Waals surface area (Å²) in [7, 11) is 0. The van der Waals surface area contributed by atoms with E-state index in [1.807, 2.05) is 0 Å². The van der Waals surface area contributed by atoms with Crippen LogP contribution in [0, 0.1) is 0 Å². The lowest BCUT2D eigenvalue weighted by atomic mass is 10.2. The van der Waals surface area contributed by atoms with Gasteiger partial charge in [0.15, 0.2) is 0 Å². The van der Waals surface area contributed by atoms with Gasteiger partial charge in [-0.2, -0.15) is 10.2 Å². The van der Waals surface area contributed by atoms with Gasteiger partial charge in [0.1, 0.15) is 0 Å². The average Bonchev–Trinajstić information content (AvgIpc) is 2.12. The number of Topliss-reactive ketones (excluding diaryl/α,β-unsaturated/α-hetero) is 1. The molecule has 1 aromatic rings. The maximum Gasteiger partial charge on any atom is 0.372 e. The number of hydrogen-bond acceptors (Lipinski definition) is 4. The van der Waals surface area contributed by atoms with Crippen molar-refractivity contribution in [1.29, 1.82) is 0 Å². The van der Waals surface area contributed by atoms with Crippen molar-refractivity contribution in [2.45, 2.75) is 6.42 Å². The van der Waals surface area contributed by atoms with Crippen LogP contribution in [0.4, 0.5) is 0 Å². The summed E-state index contributed by atoms with van der Waals surface area (Å²) >= 11 is 11.2. The number of carboxylic acids is 1. The Morgan fingerprint density at radius 2 is 2.07 bits per heavy atom. The highest BCUT2D eigenvalue weighted by molar-refractivity contribution is 6.42. The second kappa shape index (κ2) is 4.34. The van der Waals surface area contributed by atoms with Crippen LogP contribution >= 0.6 is 23.2 Å². The Balaban J connectivity index is 2.93. The second-order valence-electron chi connectivity index (χ2n) is 2.36. The van der Waals surface area contributed by atoms with E-state index in [1.54, 1.807) is 0 Å². The lowest BCUT2D eigenvalue weighted by Gasteiger charge is -2.00. The van der Waals surface area contributed by atoms with E-state index >= 15 is 0 Å². The van der Waals surface area contributed by atoms with Gasteiger partial charge in [-0.05, 0) is 0 Å². The van der Waals surface area contributed by atoms with Gasteiger partial charge in [0.05, 0.1) is 28.4 Å². The predicted molar refractivity (Wildman–Crippen MR) is 48.4 cm³/mol. The molecule has 0 aliphatic rings. The number of hydrogen-bond donors (Lipinski definition) is 1. The van der Waals surface area contributed by atoms with Gasteiger partial charge in [0, 0.05) is 0 Å². The summed E-state index contributed by atoms with van der Waals surface area (Å²) in [4.78, 5) is 21.0. The molecule has 0 fully saturated rings. The number of nitrogens with zero attached hydrogens (tertiary/aromatic N) is 2. The maximum atomic E-state index is 10.8. The zero-order chi connectivity index (χ0) is 10.7. The summed E-state index contributed by atoms with van der Waals surface area (Å²) in [6.07, 6.45) is 0.792. The average molecular weight is 235 g/mol. The van der Waals surface area contributed by atoms with Crippen LogP contribution in [0.15, 0.2) is 6.20 Å². The van der Waals surface area contributed by atoms with Gasteiger partial charge in [-0.1, -0.05) is 23.2 Å². The second-order valence-corrected chi connectivity index (χ2v) is 3.14. The Morgan fingerprint density at radius 3 is 2.64 bits per heavy atom. The van der Waals surface area contributed by atoms with Crippen molar-refractivity contribution in [2.75, 3.05) is 0 Å². The van der Waals surface area contributed by atoms with Crippen molar-refractivity contribution in [3.8, 4) is 0 Å². The first-order valence-corrected chi connectivity index (χ1v) is 4.19. The predicted octanol–water partition coefficient (Wildman–Crippen LogP) is 0.980. The molecule has 0 aliphatic heterocycles. The Hall–Kier alpha value is -1.20. The molecule has 1 rings (SSSR count). The van der Waals surface area contributed by atoms with E-state index in [2.05, 4.69) is 10.2 Å². The van der Waals surface area contributed by atoms with E-state index in [1.165, 1.54) is 6.20 Å². The Kier molecular flexibility index (Phi) is 3.38. The zero-order valence-electron chi connectivity index (χ0n) is 6.70. The van der Waals surface area contributed by atoms with Crippen LogP contribution in [-0.4, -0.2) is 27.1 Å². The Morgan fingerprint density at radius 1 is 1.43 bits per heavy atom. The number of carbonyl (C=O) groups excluding carboxylic acids is 1. The number of carbonyl (C=O) groups is 2. The third-order valence-corrected chi connectivity index (χ3v) is 2.18. The summed E-state index contributed by atoms with van der Waals surface area (Å²) < 4.78 is 0. The van der Waals surface area contributed by atoms with Crippen LogP contribution in [0.3, 0.4) is 0 Å². The van der Waals surface area contributed by atoms with Gasteiger partial charge in [0.2, 0.25) is 5.78 Å². The number of halogens is 2. The summed E-state index contributed by atoms with van der Waals surface area (Å²) in [5, 5.41) is 15.5. The molecule has 0 bridgehead atoms. The van der Waals surface area contributed by atoms with Crippen molar-refractivity contribution in [3.63, 3.8) is 0 Å². The largest absolute Gasteiger partial charge is 0.475 e. The van der Waals surface area contributed by atoms with E-state index in [0.29, 0.717) is 0 Å². The first kappa shape index (κ1) is 10.9. The number of ketones is 1. The highest BCUT2D eigenvalue weighted by Gasteiger charge is 2.16. The summed E-state index contributed by atoms with van der Waals surface area (Å²) in [6.45, 7) is 0. The molecule has 1 aromatic heterocycles. The molecule has 14 heavy (non-hydrogen) atoms. The third kappa shape index (κ3) is 2.40. The third-order valence-electron chi connectivity index (χ3n) is 1.38. The molecule has 5 nitrogen and oxygen atoms in total. The fraction of sp³-hybridized carbons (Fsp3) is 0.143. The molecule has 7 heteroatoms. The molecular weight excluding hydrogens is 231 g/mol. The maximum absolute atomic E-state index is 10.8. The van der Waals surface area contributed by atoms with Gasteiger partial charge in [-0.3, -0.25) is 4.79 Å².